The van der Waals surface area contributed by atoms with Crippen LogP contribution in [0.1, 0.15) is 23.9 Å². The highest BCUT2D eigenvalue weighted by Crippen LogP contribution is 2.13. The molecule has 0 amide bonds. The highest BCUT2D eigenvalue weighted by Gasteiger charge is 2.09. The molecule has 0 radical (unpaired) electrons. The summed E-state index contributed by atoms with van der Waals surface area (Å²) < 4.78 is 2.05. The van der Waals surface area contributed by atoms with Crippen LogP contribution in [-0.4, -0.2) is 26.3 Å². The minimum Gasteiger partial charge on any atom is -0.370 e. The quantitative estimate of drug-likeness (QED) is 0.875. The monoisotopic (exact) mass is 245 g/mol. The zero-order valence-corrected chi connectivity index (χ0v) is 11.1. The molecule has 0 spiro atoms. The minimum absolute atomic E-state index is 0.855. The van der Waals surface area contributed by atoms with Gasteiger partial charge >= 0.3 is 0 Å². The Labute approximate surface area is 107 Å². The van der Waals surface area contributed by atoms with Gasteiger partial charge in [-0.2, -0.15) is 5.10 Å². The molecule has 0 aromatic carbocycles. The number of aromatic nitrogens is 4. The fourth-order valence-corrected chi connectivity index (χ4v) is 2.11. The number of hydrogen-bond acceptors (Lipinski definition) is 4. The third-order valence-corrected chi connectivity index (χ3v) is 3.09. The largest absolute Gasteiger partial charge is 0.370 e. The van der Waals surface area contributed by atoms with Gasteiger partial charge in [0.25, 0.3) is 0 Å². The first-order chi connectivity index (χ1) is 8.72. The lowest BCUT2D eigenvalue weighted by Crippen LogP contribution is -2.07. The molecular formula is C13H19N5. The summed E-state index contributed by atoms with van der Waals surface area (Å²) in [6.07, 6.45) is 4.25. The second-order valence-electron chi connectivity index (χ2n) is 4.24. The van der Waals surface area contributed by atoms with Crippen molar-refractivity contribution in [1.29, 1.82) is 0 Å². The van der Waals surface area contributed by atoms with Gasteiger partial charge < -0.3 is 5.32 Å². The fraction of sp³-hybridized carbons (Fsp3) is 0.462. The van der Waals surface area contributed by atoms with Gasteiger partial charge in [0.1, 0.15) is 12.1 Å². The molecule has 5 heteroatoms. The van der Waals surface area contributed by atoms with Crippen molar-refractivity contribution in [2.75, 3.05) is 11.9 Å². The van der Waals surface area contributed by atoms with Crippen molar-refractivity contribution in [3.8, 4) is 0 Å². The first kappa shape index (κ1) is 12.5. The van der Waals surface area contributed by atoms with Gasteiger partial charge in [-0.1, -0.05) is 0 Å². The van der Waals surface area contributed by atoms with E-state index in [4.69, 9.17) is 0 Å². The number of nitrogens with one attached hydrogen (secondary N) is 1. The zero-order chi connectivity index (χ0) is 13.0. The van der Waals surface area contributed by atoms with Crippen LogP contribution < -0.4 is 5.32 Å². The summed E-state index contributed by atoms with van der Waals surface area (Å²) in [4.78, 5) is 8.02. The summed E-state index contributed by atoms with van der Waals surface area (Å²) in [6, 6.07) is 1.87. The van der Waals surface area contributed by atoms with Crippen molar-refractivity contribution >= 4 is 5.82 Å². The molecule has 0 bridgehead atoms. The molecule has 2 aromatic rings. The van der Waals surface area contributed by atoms with Crippen LogP contribution in [0.15, 0.2) is 18.6 Å². The molecule has 0 aliphatic rings. The fourth-order valence-electron chi connectivity index (χ4n) is 2.11. The summed E-state index contributed by atoms with van der Waals surface area (Å²) in [5, 5.41) is 7.80. The van der Waals surface area contributed by atoms with Gasteiger partial charge in [0, 0.05) is 25.0 Å². The number of hydrogen-bond donors (Lipinski definition) is 1. The van der Waals surface area contributed by atoms with Gasteiger partial charge in [0.05, 0.1) is 5.69 Å². The van der Waals surface area contributed by atoms with Crippen molar-refractivity contribution < 1.29 is 0 Å². The van der Waals surface area contributed by atoms with E-state index in [-0.39, 0.29) is 0 Å². The summed E-state index contributed by atoms with van der Waals surface area (Å²) in [5.41, 5.74) is 3.72. The summed E-state index contributed by atoms with van der Waals surface area (Å²) in [5.74, 6) is 0.864. The van der Waals surface area contributed by atoms with Crippen LogP contribution in [0, 0.1) is 13.8 Å². The molecule has 0 saturated carbocycles. The number of rotatable bonds is 5. The van der Waals surface area contributed by atoms with Crippen molar-refractivity contribution in [3.05, 3.63) is 35.5 Å². The van der Waals surface area contributed by atoms with Crippen LogP contribution in [0.25, 0.3) is 0 Å². The first-order valence-electron chi connectivity index (χ1n) is 6.25. The molecule has 2 heterocycles. The van der Waals surface area contributed by atoms with Crippen LogP contribution >= 0.6 is 0 Å². The highest BCUT2D eigenvalue weighted by molar-refractivity contribution is 5.33. The van der Waals surface area contributed by atoms with Crippen LogP contribution in [0.5, 0.6) is 0 Å². The Kier molecular flexibility index (Phi) is 3.92. The van der Waals surface area contributed by atoms with E-state index >= 15 is 0 Å². The molecule has 96 valence electrons. The maximum atomic E-state index is 4.52. The lowest BCUT2D eigenvalue weighted by molar-refractivity contribution is 0.633. The average Bonchev–Trinajstić information content (AvgIpc) is 2.67. The van der Waals surface area contributed by atoms with Gasteiger partial charge in [-0.15, -0.1) is 0 Å². The van der Waals surface area contributed by atoms with Crippen molar-refractivity contribution in [1.82, 2.24) is 19.7 Å². The predicted molar refractivity (Wildman–Crippen MR) is 71.6 cm³/mol. The normalized spacial score (nSPS) is 10.6. The van der Waals surface area contributed by atoms with E-state index < -0.39 is 0 Å². The second-order valence-corrected chi connectivity index (χ2v) is 4.24. The molecule has 0 saturated heterocycles. The molecule has 18 heavy (non-hydrogen) atoms. The lowest BCUT2D eigenvalue weighted by Gasteiger charge is -2.05. The number of aryl methyl sites for hydroxylation is 2. The smallest absolute Gasteiger partial charge is 0.129 e. The van der Waals surface area contributed by atoms with Gasteiger partial charge in [-0.3, -0.25) is 4.68 Å². The first-order valence-corrected chi connectivity index (χ1v) is 6.25. The molecule has 2 aromatic heterocycles. The Balaban J connectivity index is 1.96. The van der Waals surface area contributed by atoms with Crippen LogP contribution in [0.3, 0.4) is 0 Å². The molecule has 0 atom stereocenters. The topological polar surface area (TPSA) is 55.6 Å². The molecule has 2 rings (SSSR count). The van der Waals surface area contributed by atoms with E-state index in [1.807, 2.05) is 6.07 Å². The maximum Gasteiger partial charge on any atom is 0.129 e. The summed E-state index contributed by atoms with van der Waals surface area (Å²) in [7, 11) is 0. The molecular weight excluding hydrogens is 226 g/mol. The molecule has 1 N–H and O–H groups in total. The second kappa shape index (κ2) is 5.62. The van der Waals surface area contributed by atoms with E-state index in [1.54, 1.807) is 12.5 Å². The van der Waals surface area contributed by atoms with Gasteiger partial charge in [0.15, 0.2) is 0 Å². The van der Waals surface area contributed by atoms with Gasteiger partial charge in [-0.25, -0.2) is 9.97 Å². The Morgan fingerprint density at radius 1 is 1.33 bits per heavy atom. The summed E-state index contributed by atoms with van der Waals surface area (Å²) >= 11 is 0. The molecule has 0 aliphatic heterocycles. The predicted octanol–water partition coefficient (Wildman–Crippen LogP) is 1.96. The minimum atomic E-state index is 0.855. The lowest BCUT2D eigenvalue weighted by atomic mass is 10.1. The Bertz CT molecular complexity index is 504. The molecule has 0 fully saturated rings. The number of anilines is 1. The highest BCUT2D eigenvalue weighted by atomic mass is 15.3. The standard InChI is InChI=1S/C13H19N5/c1-4-18-11(3)12(10(2)17-18)5-8-15-13-6-7-14-9-16-13/h6-7,9H,4-5,8H2,1-3H3,(H,14,15,16). The van der Waals surface area contributed by atoms with E-state index in [0.717, 1.165) is 31.0 Å². The third-order valence-electron chi connectivity index (χ3n) is 3.09. The Hall–Kier alpha value is -1.91. The van der Waals surface area contributed by atoms with E-state index in [0.29, 0.717) is 0 Å². The van der Waals surface area contributed by atoms with Crippen molar-refractivity contribution in [2.45, 2.75) is 33.7 Å². The van der Waals surface area contributed by atoms with Gasteiger partial charge in [0.2, 0.25) is 0 Å². The van der Waals surface area contributed by atoms with Crippen molar-refractivity contribution in [3.63, 3.8) is 0 Å². The van der Waals surface area contributed by atoms with E-state index in [9.17, 15) is 0 Å². The zero-order valence-electron chi connectivity index (χ0n) is 11.1. The number of nitrogens with zero attached hydrogens (tertiary/aromatic N) is 4. The van der Waals surface area contributed by atoms with E-state index in [1.165, 1.54) is 11.3 Å². The van der Waals surface area contributed by atoms with E-state index in [2.05, 4.69) is 45.8 Å². The van der Waals surface area contributed by atoms with Gasteiger partial charge in [-0.05, 0) is 38.8 Å². The average molecular weight is 245 g/mol. The summed E-state index contributed by atoms with van der Waals surface area (Å²) in [6.45, 7) is 8.09. The Morgan fingerprint density at radius 2 is 2.17 bits per heavy atom. The molecule has 0 unspecified atom stereocenters. The van der Waals surface area contributed by atoms with Crippen LogP contribution in [0.4, 0.5) is 5.82 Å². The Morgan fingerprint density at radius 3 is 2.78 bits per heavy atom. The third kappa shape index (κ3) is 2.67. The van der Waals surface area contributed by atoms with Crippen molar-refractivity contribution in [2.24, 2.45) is 0 Å². The SMILES string of the molecule is CCn1nc(C)c(CCNc2ccncn2)c1C. The maximum absolute atomic E-state index is 4.52. The van der Waals surface area contributed by atoms with Crippen LogP contribution in [0.2, 0.25) is 0 Å². The molecule has 0 aliphatic carbocycles. The molecule has 5 nitrogen and oxygen atoms in total. The van der Waals surface area contributed by atoms with Crippen LogP contribution in [-0.2, 0) is 13.0 Å².